The summed E-state index contributed by atoms with van der Waals surface area (Å²) in [5, 5.41) is 0.330. The van der Waals surface area contributed by atoms with Crippen LogP contribution in [0.5, 0.6) is 0 Å². The number of rotatable bonds is 3. The highest BCUT2D eigenvalue weighted by Gasteiger charge is 2.31. The van der Waals surface area contributed by atoms with E-state index < -0.39 is 18.5 Å². The first-order valence-corrected chi connectivity index (χ1v) is 5.33. The summed E-state index contributed by atoms with van der Waals surface area (Å²) < 4.78 is 36.5. The summed E-state index contributed by atoms with van der Waals surface area (Å²) in [5.74, 6) is -0.490. The van der Waals surface area contributed by atoms with E-state index in [9.17, 15) is 13.2 Å². The Hall–Kier alpha value is -0.510. The van der Waals surface area contributed by atoms with Crippen LogP contribution in [0, 0.1) is 0 Å². The molecular weight excluding hydrogens is 257 g/mol. The van der Waals surface area contributed by atoms with Crippen molar-refractivity contribution in [2.45, 2.75) is 18.5 Å². The molecule has 0 nitrogen and oxygen atoms in total. The van der Waals surface area contributed by atoms with E-state index in [2.05, 4.69) is 15.9 Å². The highest BCUT2D eigenvalue weighted by molar-refractivity contribution is 9.09. The van der Waals surface area contributed by atoms with Crippen LogP contribution in [-0.2, 0) is 0 Å². The van der Waals surface area contributed by atoms with Crippen molar-refractivity contribution in [1.82, 2.24) is 0 Å². The zero-order valence-electron chi connectivity index (χ0n) is 7.39. The fourth-order valence-electron chi connectivity index (χ4n) is 1.27. The molecule has 0 unspecified atom stereocenters. The summed E-state index contributed by atoms with van der Waals surface area (Å²) >= 11 is 3.11. The predicted octanol–water partition coefficient (Wildman–Crippen LogP) is 4.12. The van der Waals surface area contributed by atoms with Crippen LogP contribution in [-0.4, -0.2) is 11.5 Å². The Morgan fingerprint density at radius 2 is 1.71 bits per heavy atom. The monoisotopic (exact) mass is 266 g/mol. The molecule has 1 atom stereocenters. The SMILES string of the molecule is FC(F)(F)C[C@H](CBr)c1ccccc1. The molecule has 0 bridgehead atoms. The van der Waals surface area contributed by atoms with Crippen LogP contribution < -0.4 is 0 Å². The smallest absolute Gasteiger partial charge is 0.171 e. The van der Waals surface area contributed by atoms with Crippen molar-refractivity contribution in [3.63, 3.8) is 0 Å². The first-order valence-electron chi connectivity index (χ1n) is 4.20. The fraction of sp³-hybridized carbons (Fsp3) is 0.400. The van der Waals surface area contributed by atoms with Crippen molar-refractivity contribution < 1.29 is 13.2 Å². The molecule has 14 heavy (non-hydrogen) atoms. The van der Waals surface area contributed by atoms with E-state index in [0.29, 0.717) is 5.33 Å². The Balaban J connectivity index is 2.73. The maximum atomic E-state index is 12.2. The van der Waals surface area contributed by atoms with Crippen LogP contribution in [0.2, 0.25) is 0 Å². The third-order valence-corrected chi connectivity index (χ3v) is 2.72. The quantitative estimate of drug-likeness (QED) is 0.723. The van der Waals surface area contributed by atoms with Crippen LogP contribution >= 0.6 is 15.9 Å². The van der Waals surface area contributed by atoms with Gasteiger partial charge in [-0.1, -0.05) is 46.3 Å². The Kier molecular flexibility index (Phi) is 3.98. The molecule has 0 aliphatic heterocycles. The normalized spacial score (nSPS) is 14.0. The zero-order chi connectivity index (χ0) is 10.6. The molecule has 0 N–H and O–H groups in total. The number of benzene rings is 1. The van der Waals surface area contributed by atoms with Crippen molar-refractivity contribution >= 4 is 15.9 Å². The van der Waals surface area contributed by atoms with E-state index in [1.54, 1.807) is 30.3 Å². The van der Waals surface area contributed by atoms with Crippen LogP contribution in [0.4, 0.5) is 13.2 Å². The summed E-state index contributed by atoms with van der Waals surface area (Å²) in [7, 11) is 0. The molecular formula is C10H10BrF3. The average molecular weight is 267 g/mol. The van der Waals surface area contributed by atoms with Gasteiger partial charge in [0.25, 0.3) is 0 Å². The third kappa shape index (κ3) is 3.70. The van der Waals surface area contributed by atoms with Gasteiger partial charge in [-0.25, -0.2) is 0 Å². The van der Waals surface area contributed by atoms with E-state index in [1.807, 2.05) is 0 Å². The third-order valence-electron chi connectivity index (χ3n) is 1.94. The van der Waals surface area contributed by atoms with E-state index in [-0.39, 0.29) is 0 Å². The van der Waals surface area contributed by atoms with Gasteiger partial charge in [0.2, 0.25) is 0 Å². The molecule has 0 aliphatic rings. The molecule has 1 aromatic rings. The Bertz CT molecular complexity index is 268. The van der Waals surface area contributed by atoms with E-state index in [0.717, 1.165) is 5.56 Å². The van der Waals surface area contributed by atoms with Gasteiger partial charge in [-0.15, -0.1) is 0 Å². The minimum Gasteiger partial charge on any atom is -0.171 e. The number of hydrogen-bond acceptors (Lipinski definition) is 0. The van der Waals surface area contributed by atoms with Crippen molar-refractivity contribution in [1.29, 1.82) is 0 Å². The zero-order valence-corrected chi connectivity index (χ0v) is 8.98. The topological polar surface area (TPSA) is 0 Å². The van der Waals surface area contributed by atoms with Gasteiger partial charge < -0.3 is 0 Å². The average Bonchev–Trinajstić information content (AvgIpc) is 2.14. The van der Waals surface area contributed by atoms with Gasteiger partial charge in [0.1, 0.15) is 0 Å². The lowest BCUT2D eigenvalue weighted by Crippen LogP contribution is -2.14. The van der Waals surface area contributed by atoms with Gasteiger partial charge in [0, 0.05) is 11.2 Å². The van der Waals surface area contributed by atoms with E-state index >= 15 is 0 Å². The summed E-state index contributed by atoms with van der Waals surface area (Å²) in [4.78, 5) is 0. The number of halogens is 4. The predicted molar refractivity (Wildman–Crippen MR) is 53.6 cm³/mol. The van der Waals surface area contributed by atoms with Crippen LogP contribution in [0.15, 0.2) is 30.3 Å². The van der Waals surface area contributed by atoms with Gasteiger partial charge in [-0.05, 0) is 5.56 Å². The first-order chi connectivity index (χ1) is 6.53. The highest BCUT2D eigenvalue weighted by Crippen LogP contribution is 2.32. The minimum atomic E-state index is -4.10. The molecule has 78 valence electrons. The molecule has 0 aliphatic carbocycles. The summed E-state index contributed by atoms with van der Waals surface area (Å²) in [5.41, 5.74) is 0.724. The van der Waals surface area contributed by atoms with Crippen LogP contribution in [0.1, 0.15) is 17.9 Å². The molecule has 0 saturated carbocycles. The number of alkyl halides is 4. The molecule has 0 spiro atoms. The van der Waals surface area contributed by atoms with Gasteiger partial charge in [-0.2, -0.15) is 13.2 Å². The van der Waals surface area contributed by atoms with Crippen molar-refractivity contribution in [2.24, 2.45) is 0 Å². The summed E-state index contributed by atoms with van der Waals surface area (Å²) in [6, 6.07) is 8.74. The van der Waals surface area contributed by atoms with Crippen molar-refractivity contribution in [2.75, 3.05) is 5.33 Å². The molecule has 0 saturated heterocycles. The maximum absolute atomic E-state index is 12.2. The summed E-state index contributed by atoms with van der Waals surface area (Å²) in [6.45, 7) is 0. The lowest BCUT2D eigenvalue weighted by Gasteiger charge is -2.16. The molecule has 1 rings (SSSR count). The largest absolute Gasteiger partial charge is 0.389 e. The Morgan fingerprint density at radius 3 is 2.14 bits per heavy atom. The summed E-state index contributed by atoms with van der Waals surface area (Å²) in [6.07, 6.45) is -4.88. The van der Waals surface area contributed by atoms with Gasteiger partial charge in [0.15, 0.2) is 0 Å². The second-order valence-electron chi connectivity index (χ2n) is 3.08. The lowest BCUT2D eigenvalue weighted by atomic mass is 9.98. The van der Waals surface area contributed by atoms with Crippen LogP contribution in [0.25, 0.3) is 0 Å². The first kappa shape index (κ1) is 11.6. The molecule has 0 heterocycles. The van der Waals surface area contributed by atoms with Gasteiger partial charge in [-0.3, -0.25) is 0 Å². The highest BCUT2D eigenvalue weighted by atomic mass is 79.9. The standard InChI is InChI=1S/C10H10BrF3/c11-7-9(6-10(12,13)14)8-4-2-1-3-5-8/h1-5,9H,6-7H2/t9-/m1/s1. The molecule has 0 amide bonds. The molecule has 4 heteroatoms. The van der Waals surface area contributed by atoms with Crippen molar-refractivity contribution in [3.05, 3.63) is 35.9 Å². The van der Waals surface area contributed by atoms with E-state index in [1.165, 1.54) is 0 Å². The Morgan fingerprint density at radius 1 is 1.14 bits per heavy atom. The fourth-order valence-corrected chi connectivity index (χ4v) is 1.87. The second kappa shape index (κ2) is 4.82. The van der Waals surface area contributed by atoms with E-state index in [4.69, 9.17) is 0 Å². The molecule has 0 radical (unpaired) electrons. The molecule has 0 fully saturated rings. The van der Waals surface area contributed by atoms with Gasteiger partial charge >= 0.3 is 6.18 Å². The lowest BCUT2D eigenvalue weighted by molar-refractivity contribution is -0.137. The minimum absolute atomic E-state index is 0.330. The Labute approximate surface area is 89.3 Å². The second-order valence-corrected chi connectivity index (χ2v) is 3.73. The number of hydrogen-bond donors (Lipinski definition) is 0. The maximum Gasteiger partial charge on any atom is 0.389 e. The van der Waals surface area contributed by atoms with Gasteiger partial charge in [0.05, 0.1) is 6.42 Å². The molecule has 1 aromatic carbocycles. The molecule has 0 aromatic heterocycles. The van der Waals surface area contributed by atoms with Crippen molar-refractivity contribution in [3.8, 4) is 0 Å². The van der Waals surface area contributed by atoms with Crippen LogP contribution in [0.3, 0.4) is 0 Å².